The molecule has 0 radical (unpaired) electrons. The summed E-state index contributed by atoms with van der Waals surface area (Å²) in [6.45, 7) is 2.79. The number of carbonyl (C=O) groups is 3. The molecule has 246 valence electrons. The van der Waals surface area contributed by atoms with E-state index in [1.165, 1.54) is 43.6 Å². The molecule has 1 aliphatic heterocycles. The number of pyridine rings is 1. The van der Waals surface area contributed by atoms with Gasteiger partial charge in [-0.1, -0.05) is 35.9 Å². The van der Waals surface area contributed by atoms with Crippen molar-refractivity contribution in [3.05, 3.63) is 82.6 Å². The van der Waals surface area contributed by atoms with Gasteiger partial charge in [0.05, 0.1) is 20.3 Å². The topological polar surface area (TPSA) is 122 Å². The van der Waals surface area contributed by atoms with Crippen molar-refractivity contribution in [2.24, 2.45) is 11.8 Å². The van der Waals surface area contributed by atoms with Crippen LogP contribution in [-0.4, -0.2) is 61.7 Å². The second kappa shape index (κ2) is 15.3. The number of benzene rings is 2. The predicted molar refractivity (Wildman–Crippen MR) is 159 cm³/mol. The Morgan fingerprint density at radius 1 is 1.02 bits per heavy atom. The first-order valence-corrected chi connectivity index (χ1v) is 14.6. The Balaban J connectivity index is 1.57. The summed E-state index contributed by atoms with van der Waals surface area (Å²) in [5.74, 6) is -3.36. The zero-order valence-electron chi connectivity index (χ0n) is 25.1. The van der Waals surface area contributed by atoms with E-state index in [-0.39, 0.29) is 48.0 Å². The SMILES string of the molecule is COc1ccnc(C(=O)N[C@H]2COC[C@H](Cc3ccc(Cl)cc3)[C@@H](Cc3ccc(OC(F)(F)F)cc3)[C@H](C)OC2=O)c1OC(C)=O. The standard InChI is InChI=1S/C32H32ClF3N2O8/c1-18-25(15-21-6-10-24(11-7-21)46-32(34,35)36)22(14-20-4-8-23(33)9-5-20)16-43-17-26(31(41)44-18)38-30(40)28-29(45-19(2)39)27(42-3)12-13-37-28/h4-13,18,22,25-26H,14-17H2,1-3H3,(H,38,40)/t18-,22-,25-,26-/m0/s1. The van der Waals surface area contributed by atoms with Crippen molar-refractivity contribution >= 4 is 29.4 Å². The van der Waals surface area contributed by atoms with Crippen LogP contribution in [0.2, 0.25) is 5.02 Å². The molecular formula is C32H32ClF3N2O8. The lowest BCUT2D eigenvalue weighted by Gasteiger charge is -2.31. The highest BCUT2D eigenvalue weighted by molar-refractivity contribution is 6.30. The summed E-state index contributed by atoms with van der Waals surface area (Å²) in [5.41, 5.74) is 1.35. The number of halogens is 4. The molecule has 1 amide bonds. The van der Waals surface area contributed by atoms with E-state index in [0.29, 0.717) is 23.4 Å². The predicted octanol–water partition coefficient (Wildman–Crippen LogP) is 5.35. The maximum atomic E-state index is 13.4. The van der Waals surface area contributed by atoms with Gasteiger partial charge >= 0.3 is 18.3 Å². The Morgan fingerprint density at radius 3 is 2.30 bits per heavy atom. The lowest BCUT2D eigenvalue weighted by Crippen LogP contribution is -2.46. The molecule has 0 aliphatic carbocycles. The minimum atomic E-state index is -4.82. The zero-order valence-corrected chi connectivity index (χ0v) is 25.9. The summed E-state index contributed by atoms with van der Waals surface area (Å²) < 4.78 is 64.2. The summed E-state index contributed by atoms with van der Waals surface area (Å²) >= 11 is 6.07. The van der Waals surface area contributed by atoms with E-state index >= 15 is 0 Å². The highest BCUT2D eigenvalue weighted by Gasteiger charge is 2.36. The van der Waals surface area contributed by atoms with Crippen molar-refractivity contribution in [3.63, 3.8) is 0 Å². The first kappa shape index (κ1) is 34.5. The van der Waals surface area contributed by atoms with Gasteiger partial charge in [0.1, 0.15) is 11.9 Å². The number of amides is 1. The van der Waals surface area contributed by atoms with Gasteiger partial charge in [-0.2, -0.15) is 0 Å². The normalized spacial score (nSPS) is 20.4. The summed E-state index contributed by atoms with van der Waals surface area (Å²) in [4.78, 5) is 42.3. The van der Waals surface area contributed by atoms with E-state index in [1.54, 1.807) is 19.1 Å². The molecule has 4 rings (SSSR count). The number of hydrogen-bond donors (Lipinski definition) is 1. The van der Waals surface area contributed by atoms with Gasteiger partial charge in [0.2, 0.25) is 5.75 Å². The molecule has 1 fully saturated rings. The Morgan fingerprint density at radius 2 is 1.67 bits per heavy atom. The monoisotopic (exact) mass is 664 g/mol. The van der Waals surface area contributed by atoms with Crippen molar-refractivity contribution in [1.29, 1.82) is 0 Å². The Labute approximate surface area is 268 Å². The Kier molecular flexibility index (Phi) is 11.5. The van der Waals surface area contributed by atoms with Gasteiger partial charge in [-0.3, -0.25) is 9.59 Å². The van der Waals surface area contributed by atoms with Gasteiger partial charge in [0, 0.05) is 30.1 Å². The van der Waals surface area contributed by atoms with Crippen molar-refractivity contribution in [3.8, 4) is 17.2 Å². The van der Waals surface area contributed by atoms with E-state index in [4.69, 9.17) is 30.5 Å². The van der Waals surface area contributed by atoms with Crippen molar-refractivity contribution in [1.82, 2.24) is 10.3 Å². The summed E-state index contributed by atoms with van der Waals surface area (Å²) in [5, 5.41) is 3.12. The maximum Gasteiger partial charge on any atom is 0.573 e. The van der Waals surface area contributed by atoms with Crippen molar-refractivity contribution in [2.45, 2.75) is 45.2 Å². The summed E-state index contributed by atoms with van der Waals surface area (Å²) in [6.07, 6.45) is -3.40. The second-order valence-electron chi connectivity index (χ2n) is 10.6. The first-order chi connectivity index (χ1) is 21.8. The molecule has 0 unspecified atom stereocenters. The molecule has 0 spiro atoms. The fourth-order valence-corrected chi connectivity index (χ4v) is 5.28. The van der Waals surface area contributed by atoms with E-state index < -0.39 is 36.4 Å². The number of alkyl halides is 3. The van der Waals surface area contributed by atoms with Gasteiger partial charge in [0.25, 0.3) is 5.91 Å². The molecule has 1 N–H and O–H groups in total. The molecule has 1 aliphatic rings. The number of carbonyl (C=O) groups excluding carboxylic acids is 3. The van der Waals surface area contributed by atoms with Crippen LogP contribution in [0.4, 0.5) is 13.2 Å². The minimum absolute atomic E-state index is 0.0862. The van der Waals surface area contributed by atoms with Crippen LogP contribution >= 0.6 is 11.6 Å². The van der Waals surface area contributed by atoms with Crippen LogP contribution in [0, 0.1) is 11.8 Å². The third-order valence-corrected chi connectivity index (χ3v) is 7.56. The maximum absolute atomic E-state index is 13.4. The molecule has 0 saturated carbocycles. The minimum Gasteiger partial charge on any atom is -0.493 e. The summed E-state index contributed by atoms with van der Waals surface area (Å²) in [6, 6.07) is 12.9. The molecule has 1 saturated heterocycles. The van der Waals surface area contributed by atoms with Crippen LogP contribution in [0.15, 0.2) is 60.8 Å². The lowest BCUT2D eigenvalue weighted by molar-refractivity contribution is -0.274. The molecule has 2 aromatic carbocycles. The van der Waals surface area contributed by atoms with Crippen molar-refractivity contribution < 1.29 is 51.2 Å². The van der Waals surface area contributed by atoms with E-state index in [0.717, 1.165) is 12.5 Å². The van der Waals surface area contributed by atoms with Gasteiger partial charge in [0.15, 0.2) is 17.5 Å². The highest BCUT2D eigenvalue weighted by Crippen LogP contribution is 2.32. The number of ether oxygens (including phenoxy) is 5. The molecular weight excluding hydrogens is 633 g/mol. The number of cyclic esters (lactones) is 1. The van der Waals surface area contributed by atoms with Crippen LogP contribution < -0.4 is 19.5 Å². The van der Waals surface area contributed by atoms with E-state index in [2.05, 4.69) is 15.0 Å². The number of aromatic nitrogens is 1. The quantitative estimate of drug-likeness (QED) is 0.302. The molecule has 0 bridgehead atoms. The summed E-state index contributed by atoms with van der Waals surface area (Å²) in [7, 11) is 1.33. The van der Waals surface area contributed by atoms with Gasteiger partial charge < -0.3 is 29.0 Å². The van der Waals surface area contributed by atoms with E-state index in [1.807, 2.05) is 12.1 Å². The molecule has 3 aromatic rings. The second-order valence-corrected chi connectivity index (χ2v) is 11.1. The number of nitrogens with one attached hydrogen (secondary N) is 1. The van der Waals surface area contributed by atoms with Crippen molar-refractivity contribution in [2.75, 3.05) is 20.3 Å². The molecule has 1 aromatic heterocycles. The van der Waals surface area contributed by atoms with Crippen LogP contribution in [0.3, 0.4) is 0 Å². The van der Waals surface area contributed by atoms with Crippen LogP contribution in [-0.2, 0) is 31.9 Å². The number of hydrogen-bond acceptors (Lipinski definition) is 9. The highest BCUT2D eigenvalue weighted by atomic mass is 35.5. The molecule has 10 nitrogen and oxygen atoms in total. The smallest absolute Gasteiger partial charge is 0.493 e. The van der Waals surface area contributed by atoms with Crippen LogP contribution in [0.5, 0.6) is 17.2 Å². The Hall–Kier alpha value is -4.36. The third kappa shape index (κ3) is 9.57. The molecule has 14 heteroatoms. The van der Waals surface area contributed by atoms with Gasteiger partial charge in [-0.25, -0.2) is 9.78 Å². The fraction of sp³-hybridized carbons (Fsp3) is 0.375. The van der Waals surface area contributed by atoms with Crippen LogP contribution in [0.1, 0.15) is 35.5 Å². The largest absolute Gasteiger partial charge is 0.573 e. The molecule has 4 atom stereocenters. The molecule has 46 heavy (non-hydrogen) atoms. The fourth-order valence-electron chi connectivity index (χ4n) is 5.15. The number of rotatable bonds is 9. The van der Waals surface area contributed by atoms with Gasteiger partial charge in [-0.05, 0) is 61.1 Å². The zero-order chi connectivity index (χ0) is 33.4. The third-order valence-electron chi connectivity index (χ3n) is 7.31. The van der Waals surface area contributed by atoms with E-state index in [9.17, 15) is 27.6 Å². The molecule has 2 heterocycles. The first-order valence-electron chi connectivity index (χ1n) is 14.2. The van der Waals surface area contributed by atoms with Crippen LogP contribution in [0.25, 0.3) is 0 Å². The lowest BCUT2D eigenvalue weighted by atomic mass is 9.80. The number of nitrogens with zero attached hydrogens (tertiary/aromatic N) is 1. The Bertz CT molecular complexity index is 1520. The number of esters is 2. The average molecular weight is 665 g/mol. The van der Waals surface area contributed by atoms with Gasteiger partial charge in [-0.15, -0.1) is 13.2 Å². The average Bonchev–Trinajstić information content (AvgIpc) is 3.03. The number of methoxy groups -OCH3 is 1.